The van der Waals surface area contributed by atoms with Crippen molar-refractivity contribution in [3.63, 3.8) is 0 Å². The number of nitrogens with one attached hydrogen (secondary N) is 1. The van der Waals surface area contributed by atoms with Crippen LogP contribution in [0.15, 0.2) is 99.9 Å². The van der Waals surface area contributed by atoms with Gasteiger partial charge in [-0.3, -0.25) is 9.59 Å². The Morgan fingerprint density at radius 3 is 2.28 bits per heavy atom. The first-order valence-electron chi connectivity index (χ1n) is 13.0. The predicted octanol–water partition coefficient (Wildman–Crippen LogP) is 7.30. The van der Waals surface area contributed by atoms with Gasteiger partial charge in [-0.15, -0.1) is 0 Å². The first kappa shape index (κ1) is 28.8. The fraction of sp³-hybridized carbons (Fsp3) is 0.250. The maximum Gasteiger partial charge on any atom is 0.261 e. The van der Waals surface area contributed by atoms with Gasteiger partial charge in [0.25, 0.3) is 5.91 Å². The average Bonchev–Trinajstić information content (AvgIpc) is 2.96. The highest BCUT2D eigenvalue weighted by Gasteiger charge is 2.31. The molecule has 4 aromatic rings. The predicted molar refractivity (Wildman–Crippen MR) is 164 cm³/mol. The minimum Gasteiger partial charge on any atom is -0.483 e. The van der Waals surface area contributed by atoms with Gasteiger partial charge in [-0.25, -0.2) is 0 Å². The monoisotopic (exact) mass is 650 g/mol. The molecular weight excluding hydrogens is 620 g/mol. The van der Waals surface area contributed by atoms with Crippen LogP contribution in [-0.4, -0.2) is 35.4 Å². The zero-order valence-electron chi connectivity index (χ0n) is 22.1. The first-order chi connectivity index (χ1) is 18.9. The van der Waals surface area contributed by atoms with Gasteiger partial charge >= 0.3 is 0 Å². The third kappa shape index (κ3) is 7.70. The van der Waals surface area contributed by atoms with Crippen molar-refractivity contribution in [2.45, 2.75) is 45.3 Å². The van der Waals surface area contributed by atoms with Crippen molar-refractivity contribution >= 4 is 54.4 Å². The first-order valence-corrected chi connectivity index (χ1v) is 14.6. The maximum absolute atomic E-state index is 13.9. The van der Waals surface area contributed by atoms with Crippen molar-refractivity contribution < 1.29 is 14.3 Å². The fourth-order valence-electron chi connectivity index (χ4n) is 4.33. The molecule has 0 aliphatic carbocycles. The van der Waals surface area contributed by atoms with Crippen LogP contribution in [0, 0.1) is 0 Å². The Balaban J connectivity index is 1.64. The molecule has 2 amide bonds. The summed E-state index contributed by atoms with van der Waals surface area (Å²) in [5.74, 6) is 0.137. The number of carbonyl (C=O) groups is 2. The maximum atomic E-state index is 13.9. The molecule has 0 fully saturated rings. The summed E-state index contributed by atoms with van der Waals surface area (Å²) in [5, 5.41) is 5.17. The lowest BCUT2D eigenvalue weighted by Gasteiger charge is -2.32. The van der Waals surface area contributed by atoms with E-state index in [1.54, 1.807) is 4.90 Å². The second kappa shape index (κ2) is 13.8. The van der Waals surface area contributed by atoms with E-state index in [0.717, 1.165) is 37.3 Å². The zero-order valence-corrected chi connectivity index (χ0v) is 25.2. The molecule has 5 nitrogen and oxygen atoms in total. The Morgan fingerprint density at radius 2 is 1.56 bits per heavy atom. The normalized spacial score (nSPS) is 12.5. The van der Waals surface area contributed by atoms with Gasteiger partial charge < -0.3 is 15.0 Å². The molecule has 0 radical (unpaired) electrons. The van der Waals surface area contributed by atoms with Gasteiger partial charge in [0.1, 0.15) is 11.8 Å². The summed E-state index contributed by atoms with van der Waals surface area (Å²) in [6, 6.07) is 28.7. The molecule has 0 unspecified atom stereocenters. The molecular formula is C32H32Br2N2O3. The Kier molecular flexibility index (Phi) is 10.2. The standard InChI is InChI=1S/C32H32Br2N2O3/c1-3-22(2)35-32(38)28(19-23-9-5-4-6-10-23)36(20-24-13-16-26(33)17-14-24)30(37)21-39-29-18-15-25-11-7-8-12-27(25)31(29)34/h4-18,22,28H,3,19-21H2,1-2H3,(H,35,38)/t22-,28-/m1/s1. The van der Waals surface area contributed by atoms with Gasteiger partial charge in [0.15, 0.2) is 6.61 Å². The molecule has 0 aromatic heterocycles. The van der Waals surface area contributed by atoms with Crippen LogP contribution in [0.1, 0.15) is 31.4 Å². The topological polar surface area (TPSA) is 58.6 Å². The van der Waals surface area contributed by atoms with Crippen LogP contribution in [0.3, 0.4) is 0 Å². The molecule has 202 valence electrons. The Bertz CT molecular complexity index is 1410. The van der Waals surface area contributed by atoms with Gasteiger partial charge in [0, 0.05) is 23.5 Å². The quantitative estimate of drug-likeness (QED) is 0.185. The molecule has 0 saturated heterocycles. The van der Waals surface area contributed by atoms with E-state index >= 15 is 0 Å². The fourth-order valence-corrected chi connectivity index (χ4v) is 5.20. The van der Waals surface area contributed by atoms with Gasteiger partial charge in [-0.1, -0.05) is 95.7 Å². The van der Waals surface area contributed by atoms with Crippen molar-refractivity contribution in [2.75, 3.05) is 6.61 Å². The van der Waals surface area contributed by atoms with E-state index in [1.165, 1.54) is 0 Å². The lowest BCUT2D eigenvalue weighted by molar-refractivity contribution is -0.143. The van der Waals surface area contributed by atoms with Crippen LogP contribution < -0.4 is 10.1 Å². The van der Waals surface area contributed by atoms with Gasteiger partial charge in [0.05, 0.1) is 4.47 Å². The molecule has 39 heavy (non-hydrogen) atoms. The minimum atomic E-state index is -0.707. The second-order valence-electron chi connectivity index (χ2n) is 9.56. The number of carbonyl (C=O) groups excluding carboxylic acids is 2. The molecule has 4 aromatic carbocycles. The summed E-state index contributed by atoms with van der Waals surface area (Å²) in [6.07, 6.45) is 1.19. The summed E-state index contributed by atoms with van der Waals surface area (Å²) in [4.78, 5) is 29.1. The average molecular weight is 652 g/mol. The van der Waals surface area contributed by atoms with Crippen molar-refractivity contribution in [1.29, 1.82) is 0 Å². The molecule has 7 heteroatoms. The molecule has 0 bridgehead atoms. The van der Waals surface area contributed by atoms with E-state index < -0.39 is 6.04 Å². The van der Waals surface area contributed by atoms with Crippen molar-refractivity contribution in [3.05, 3.63) is 111 Å². The van der Waals surface area contributed by atoms with E-state index in [0.29, 0.717) is 12.2 Å². The number of rotatable bonds is 11. The van der Waals surface area contributed by atoms with Crippen LogP contribution in [0.4, 0.5) is 0 Å². The largest absolute Gasteiger partial charge is 0.483 e. The van der Waals surface area contributed by atoms with E-state index in [-0.39, 0.29) is 31.0 Å². The van der Waals surface area contributed by atoms with E-state index in [2.05, 4.69) is 37.2 Å². The number of amides is 2. The van der Waals surface area contributed by atoms with Crippen molar-refractivity contribution in [3.8, 4) is 5.75 Å². The Labute approximate surface area is 246 Å². The number of fused-ring (bicyclic) bond motifs is 1. The van der Waals surface area contributed by atoms with Crippen LogP contribution in [0.5, 0.6) is 5.75 Å². The number of benzene rings is 4. The van der Waals surface area contributed by atoms with Crippen LogP contribution in [-0.2, 0) is 22.6 Å². The molecule has 0 spiro atoms. The number of hydrogen-bond acceptors (Lipinski definition) is 3. The van der Waals surface area contributed by atoms with E-state index in [9.17, 15) is 9.59 Å². The summed E-state index contributed by atoms with van der Waals surface area (Å²) in [7, 11) is 0. The van der Waals surface area contributed by atoms with Gasteiger partial charge in [-0.2, -0.15) is 0 Å². The number of ether oxygens (including phenoxy) is 1. The van der Waals surface area contributed by atoms with E-state index in [1.807, 2.05) is 105 Å². The third-order valence-electron chi connectivity index (χ3n) is 6.72. The summed E-state index contributed by atoms with van der Waals surface area (Å²) < 4.78 is 7.79. The number of hydrogen-bond donors (Lipinski definition) is 1. The van der Waals surface area contributed by atoms with Crippen LogP contribution >= 0.6 is 31.9 Å². The van der Waals surface area contributed by atoms with Gasteiger partial charge in [0.2, 0.25) is 5.91 Å². The number of halogens is 2. The number of nitrogens with zero attached hydrogens (tertiary/aromatic N) is 1. The molecule has 4 rings (SSSR count). The van der Waals surface area contributed by atoms with Gasteiger partial charge in [-0.05, 0) is 69.4 Å². The second-order valence-corrected chi connectivity index (χ2v) is 11.3. The van der Waals surface area contributed by atoms with Crippen LogP contribution in [0.25, 0.3) is 10.8 Å². The lowest BCUT2D eigenvalue weighted by Crippen LogP contribution is -2.53. The minimum absolute atomic E-state index is 0.00906. The molecule has 0 aliphatic rings. The third-order valence-corrected chi connectivity index (χ3v) is 8.06. The summed E-state index contributed by atoms with van der Waals surface area (Å²) in [6.45, 7) is 4.07. The SMILES string of the molecule is CC[C@@H](C)NC(=O)[C@@H](Cc1ccccc1)N(Cc1ccc(Br)cc1)C(=O)COc1ccc2ccccc2c1Br. The Hall–Kier alpha value is -3.16. The summed E-state index contributed by atoms with van der Waals surface area (Å²) >= 11 is 7.12. The zero-order chi connectivity index (χ0) is 27.8. The molecule has 0 aliphatic heterocycles. The summed E-state index contributed by atoms with van der Waals surface area (Å²) in [5.41, 5.74) is 1.90. The van der Waals surface area contributed by atoms with Crippen molar-refractivity contribution in [2.24, 2.45) is 0 Å². The molecule has 0 saturated carbocycles. The van der Waals surface area contributed by atoms with E-state index in [4.69, 9.17) is 4.74 Å². The van der Waals surface area contributed by atoms with Crippen LogP contribution in [0.2, 0.25) is 0 Å². The lowest BCUT2D eigenvalue weighted by atomic mass is 10.0. The molecule has 1 N–H and O–H groups in total. The Morgan fingerprint density at radius 1 is 0.872 bits per heavy atom. The molecule has 0 heterocycles. The highest BCUT2D eigenvalue weighted by atomic mass is 79.9. The van der Waals surface area contributed by atoms with Crippen molar-refractivity contribution in [1.82, 2.24) is 10.2 Å². The highest BCUT2D eigenvalue weighted by Crippen LogP contribution is 2.33. The smallest absolute Gasteiger partial charge is 0.261 e. The molecule has 2 atom stereocenters. The highest BCUT2D eigenvalue weighted by molar-refractivity contribution is 9.11.